The first-order chi connectivity index (χ1) is 51.6. The predicted molar refractivity (Wildman–Crippen MR) is 405 cm³/mol. The molecule has 0 fully saturated rings. The Kier molecular flexibility index (Phi) is 27.1. The van der Waals surface area contributed by atoms with Gasteiger partial charge in [0.15, 0.2) is 0 Å². The van der Waals surface area contributed by atoms with Gasteiger partial charge in [0.25, 0.3) is 11.8 Å². The van der Waals surface area contributed by atoms with E-state index >= 15 is 0 Å². The fraction of sp³-hybridized carbons (Fsp3) is 0.325. The topological polar surface area (TPSA) is 398 Å². The molecule has 0 saturated carbocycles. The van der Waals surface area contributed by atoms with Crippen LogP contribution >= 0.6 is 0 Å². The minimum absolute atomic E-state index is 0.0252. The summed E-state index contributed by atoms with van der Waals surface area (Å²) in [5.41, 5.74) is 7.44. The molecule has 27 nitrogen and oxygen atoms in total. The van der Waals surface area contributed by atoms with E-state index in [0.29, 0.717) is 12.8 Å². The third kappa shape index (κ3) is 21.9. The summed E-state index contributed by atoms with van der Waals surface area (Å²) in [6.07, 6.45) is 7.58. The van der Waals surface area contributed by atoms with E-state index < -0.39 is 83.4 Å². The Morgan fingerprint density at radius 2 is 0.729 bits per heavy atom. The lowest BCUT2D eigenvalue weighted by Crippen LogP contribution is -2.45. The van der Waals surface area contributed by atoms with Crippen LogP contribution in [0, 0.1) is 11.8 Å². The van der Waals surface area contributed by atoms with Gasteiger partial charge in [0.2, 0.25) is 35.4 Å². The van der Waals surface area contributed by atoms with Crippen molar-refractivity contribution >= 4 is 114 Å². The molecular formula is C80H90N12O15. The number of anilines is 2. The quantitative estimate of drug-likeness (QED) is 0.0159. The van der Waals surface area contributed by atoms with E-state index in [1.807, 2.05) is 137 Å². The van der Waals surface area contributed by atoms with Crippen molar-refractivity contribution < 1.29 is 72.4 Å². The zero-order valence-corrected chi connectivity index (χ0v) is 60.0. The molecule has 107 heavy (non-hydrogen) atoms. The molecule has 0 spiro atoms. The number of aromatic nitrogens is 4. The number of amides is 8. The lowest BCUT2D eigenvalue weighted by molar-refractivity contribution is -0.140. The molecule has 0 radical (unpaired) electrons. The molecule has 560 valence electrons. The van der Waals surface area contributed by atoms with Crippen molar-refractivity contribution in [2.24, 2.45) is 11.8 Å². The number of carbonyl (C=O) groups is 10. The van der Waals surface area contributed by atoms with Gasteiger partial charge in [-0.05, 0) is 108 Å². The Morgan fingerprint density at radius 3 is 1.08 bits per heavy atom. The number of benzene rings is 6. The number of nitrogens with one attached hydrogen (secondary N) is 12. The first-order valence-corrected chi connectivity index (χ1v) is 35.8. The molecule has 0 saturated heterocycles. The molecule has 0 aliphatic rings. The van der Waals surface area contributed by atoms with Crippen molar-refractivity contribution in [3.63, 3.8) is 0 Å². The number of carboxylic acid groups (broad SMARTS) is 2. The van der Waals surface area contributed by atoms with Gasteiger partial charge in [0.05, 0.1) is 37.8 Å². The number of para-hydroxylation sites is 4. The van der Waals surface area contributed by atoms with Gasteiger partial charge in [-0.1, -0.05) is 100 Å². The summed E-state index contributed by atoms with van der Waals surface area (Å²) in [6, 6.07) is 34.6. The standard InChI is InChI=1S/C80H90N12O15/c1-47(2)37-67(79(101)102)91-75(97)49-21-23-63(69(41-49)106-33-29-51-43-83-59-17-9-5-13-55(51)59)89-77(99)65(39-53-45-85-61-19-11-7-15-57(53)61)87-73(95)27-25-71(93)81-31-35-105-36-32-82-72(94)26-28-74(96)88-66(40-54-46-86-62-20-12-8-16-58(54)62)78(100)90-64-24-22-50(76(98)92-68(80(103)104)38-48(3)4)42-70(64)107-34-30-52-44-84-60-18-10-6-14-56(52)60/h5-24,41-48,65-68,83-86H,25-40H2,1-4H3,(H,81,93)(H,82,94)(H,87,95)(H,88,96)(H,89,99)(H,90,100)(H,91,97)(H,92,98)(H,101,102)(H,103,104)/t65-,66-,67-,68-/m0/s1. The summed E-state index contributed by atoms with van der Waals surface area (Å²) in [7, 11) is 0. The Morgan fingerprint density at radius 1 is 0.393 bits per heavy atom. The average molecular weight is 1460 g/mol. The number of hydrogen-bond acceptors (Lipinski definition) is 13. The van der Waals surface area contributed by atoms with Crippen LogP contribution in [0.5, 0.6) is 11.5 Å². The fourth-order valence-corrected chi connectivity index (χ4v) is 12.6. The van der Waals surface area contributed by atoms with Crippen LogP contribution in [0.15, 0.2) is 158 Å². The van der Waals surface area contributed by atoms with E-state index in [1.165, 1.54) is 36.4 Å². The van der Waals surface area contributed by atoms with Gasteiger partial charge >= 0.3 is 11.9 Å². The molecular weight excluding hydrogens is 1370 g/mol. The van der Waals surface area contributed by atoms with Gasteiger partial charge in [-0.2, -0.15) is 0 Å². The van der Waals surface area contributed by atoms with Crippen molar-refractivity contribution in [2.45, 2.75) is 116 Å². The predicted octanol–water partition coefficient (Wildman–Crippen LogP) is 9.15. The van der Waals surface area contributed by atoms with Crippen LogP contribution in [0.1, 0.15) is 109 Å². The fourth-order valence-electron chi connectivity index (χ4n) is 12.6. The molecule has 0 aliphatic heterocycles. The van der Waals surface area contributed by atoms with Gasteiger partial charge in [-0.3, -0.25) is 38.4 Å². The Labute approximate surface area is 616 Å². The van der Waals surface area contributed by atoms with Crippen molar-refractivity contribution in [1.82, 2.24) is 51.8 Å². The van der Waals surface area contributed by atoms with Gasteiger partial charge in [0, 0.05) is 144 Å². The summed E-state index contributed by atoms with van der Waals surface area (Å²) in [6.45, 7) is 7.87. The maximum atomic E-state index is 14.5. The lowest BCUT2D eigenvalue weighted by atomic mass is 10.0. The summed E-state index contributed by atoms with van der Waals surface area (Å²) in [4.78, 5) is 147. The normalized spacial score (nSPS) is 12.5. The number of ether oxygens (including phenoxy) is 3. The molecule has 10 aromatic rings. The van der Waals surface area contributed by atoms with Crippen LogP contribution in [0.3, 0.4) is 0 Å². The van der Waals surface area contributed by atoms with Crippen molar-refractivity contribution in [3.05, 3.63) is 192 Å². The van der Waals surface area contributed by atoms with E-state index in [4.69, 9.17) is 14.2 Å². The zero-order chi connectivity index (χ0) is 75.9. The van der Waals surface area contributed by atoms with Crippen LogP contribution in [0.4, 0.5) is 11.4 Å². The van der Waals surface area contributed by atoms with E-state index in [0.717, 1.165) is 65.9 Å². The smallest absolute Gasteiger partial charge is 0.326 e. The van der Waals surface area contributed by atoms with Crippen molar-refractivity contribution in [1.29, 1.82) is 0 Å². The third-order valence-corrected chi connectivity index (χ3v) is 18.0. The molecule has 4 heterocycles. The second kappa shape index (κ2) is 37.4. The number of H-pyrrole nitrogens is 4. The maximum Gasteiger partial charge on any atom is 0.326 e. The van der Waals surface area contributed by atoms with E-state index in [-0.39, 0.29) is 137 Å². The van der Waals surface area contributed by atoms with E-state index in [1.54, 1.807) is 12.4 Å². The van der Waals surface area contributed by atoms with Crippen molar-refractivity contribution in [3.8, 4) is 11.5 Å². The van der Waals surface area contributed by atoms with Gasteiger partial charge < -0.3 is 86.9 Å². The lowest BCUT2D eigenvalue weighted by Gasteiger charge is -2.21. The third-order valence-electron chi connectivity index (χ3n) is 18.0. The molecule has 10 rings (SSSR count). The highest BCUT2D eigenvalue weighted by atomic mass is 16.5. The number of fused-ring (bicyclic) bond motifs is 4. The minimum atomic E-state index is -1.18. The summed E-state index contributed by atoms with van der Waals surface area (Å²) in [5, 5.41) is 45.4. The highest BCUT2D eigenvalue weighted by Crippen LogP contribution is 2.31. The number of rotatable bonds is 40. The molecule has 14 N–H and O–H groups in total. The molecule has 0 aliphatic carbocycles. The number of hydrogen-bond donors (Lipinski definition) is 14. The minimum Gasteiger partial charge on any atom is -0.491 e. The Bertz CT molecular complexity index is 4520. The second-order valence-corrected chi connectivity index (χ2v) is 27.0. The number of carboxylic acids is 2. The van der Waals surface area contributed by atoms with Crippen LogP contribution in [-0.2, 0) is 68.8 Å². The summed E-state index contributed by atoms with van der Waals surface area (Å²) >= 11 is 0. The van der Waals surface area contributed by atoms with Gasteiger partial charge in [-0.25, -0.2) is 9.59 Å². The molecule has 4 aromatic heterocycles. The van der Waals surface area contributed by atoms with Crippen LogP contribution in [-0.4, -0.2) is 153 Å². The molecule has 0 bridgehead atoms. The van der Waals surface area contributed by atoms with E-state index in [2.05, 4.69) is 62.5 Å². The second-order valence-electron chi connectivity index (χ2n) is 27.0. The van der Waals surface area contributed by atoms with Crippen LogP contribution < -0.4 is 52.0 Å². The van der Waals surface area contributed by atoms with Gasteiger partial charge in [0.1, 0.15) is 35.7 Å². The zero-order valence-electron chi connectivity index (χ0n) is 60.0. The number of carbonyl (C=O) groups excluding carboxylic acids is 8. The summed E-state index contributed by atoms with van der Waals surface area (Å²) < 4.78 is 18.3. The SMILES string of the molecule is CC(C)C[C@H](NC(=O)c1ccc(NC(=O)[C@H](Cc2c[nH]c3ccccc23)NC(=O)CCC(=O)NCCOCCNC(=O)CCC(=O)N[C@@H](Cc2c[nH]c3ccccc23)C(=O)Nc2ccc(C(=O)N[C@@H](CC(C)C)C(=O)O)cc2OCCc2c[nH]c3ccccc23)c(OCCc2c[nH]c3ccccc23)c1)C(=O)O. The van der Waals surface area contributed by atoms with Gasteiger partial charge in [-0.15, -0.1) is 0 Å². The average Bonchev–Trinajstić information content (AvgIpc) is 1.54. The number of aliphatic carboxylic acids is 2. The first kappa shape index (κ1) is 77.4. The molecule has 27 heteroatoms. The van der Waals surface area contributed by atoms with Crippen molar-refractivity contribution in [2.75, 3.05) is 50.2 Å². The Balaban J connectivity index is 0.699. The van der Waals surface area contributed by atoms with Crippen LogP contribution in [0.25, 0.3) is 43.6 Å². The maximum absolute atomic E-state index is 14.5. The molecule has 6 aromatic carbocycles. The summed E-state index contributed by atoms with van der Waals surface area (Å²) in [5.74, 6) is -6.85. The molecule has 8 amide bonds. The largest absolute Gasteiger partial charge is 0.491 e. The van der Waals surface area contributed by atoms with E-state index in [9.17, 15) is 58.2 Å². The molecule has 0 unspecified atom stereocenters. The first-order valence-electron chi connectivity index (χ1n) is 35.8. The number of aromatic amines is 4. The Hall–Kier alpha value is -12.3. The monoisotopic (exact) mass is 1460 g/mol. The molecule has 4 atom stereocenters. The highest BCUT2D eigenvalue weighted by Gasteiger charge is 2.29. The highest BCUT2D eigenvalue weighted by molar-refractivity contribution is 6.03. The van der Waals surface area contributed by atoms with Crippen LogP contribution in [0.2, 0.25) is 0 Å².